The average molecular weight is 193 g/mol. The molecule has 1 N–H and O–H groups in total. The molecule has 2 nitrogen and oxygen atoms in total. The van der Waals surface area contributed by atoms with Crippen molar-refractivity contribution in [3.8, 4) is 0 Å². The van der Waals surface area contributed by atoms with Gasteiger partial charge < -0.3 is 5.32 Å². The molecule has 0 radical (unpaired) electrons. The maximum Gasteiger partial charge on any atom is 0.235 e. The maximum absolute atomic E-state index is 11.1. The van der Waals surface area contributed by atoms with Crippen LogP contribution >= 0.6 is 25.3 Å². The summed E-state index contributed by atoms with van der Waals surface area (Å²) in [5.41, 5.74) is 0. The number of carbonyl (C=O) groups excluding carboxylic acids is 1. The normalized spacial score (nSPS) is 11.3. The van der Waals surface area contributed by atoms with Gasteiger partial charge in [0, 0.05) is 6.54 Å². The minimum absolute atomic E-state index is 0.0254. The van der Waals surface area contributed by atoms with Crippen LogP contribution < -0.4 is 5.32 Å². The van der Waals surface area contributed by atoms with Crippen molar-refractivity contribution in [1.29, 1.82) is 0 Å². The lowest BCUT2D eigenvalue weighted by Gasteiger charge is -2.16. The third-order valence-electron chi connectivity index (χ3n) is 1.18. The summed E-state index contributed by atoms with van der Waals surface area (Å²) in [7, 11) is 0. The molecule has 0 fully saturated rings. The van der Waals surface area contributed by atoms with Gasteiger partial charge in [-0.15, -0.1) is 0 Å². The van der Waals surface area contributed by atoms with Crippen molar-refractivity contribution in [2.75, 3.05) is 12.3 Å². The van der Waals surface area contributed by atoms with Crippen LogP contribution in [0.15, 0.2) is 0 Å². The van der Waals surface area contributed by atoms with Crippen LogP contribution in [0.2, 0.25) is 0 Å². The molecule has 0 bridgehead atoms. The van der Waals surface area contributed by atoms with Gasteiger partial charge in [0.2, 0.25) is 5.91 Å². The molecule has 1 amide bonds. The molecular weight excluding hydrogens is 178 g/mol. The number of amides is 1. The van der Waals surface area contributed by atoms with E-state index in [9.17, 15) is 4.79 Å². The monoisotopic (exact) mass is 193 g/mol. The van der Waals surface area contributed by atoms with Crippen LogP contribution in [-0.2, 0) is 4.79 Å². The largest absolute Gasteiger partial charge is 0.355 e. The molecule has 0 unspecified atom stereocenters. The lowest BCUT2D eigenvalue weighted by molar-refractivity contribution is -0.122. The van der Waals surface area contributed by atoms with E-state index in [0.717, 1.165) is 12.2 Å². The van der Waals surface area contributed by atoms with Gasteiger partial charge in [0.25, 0.3) is 0 Å². The van der Waals surface area contributed by atoms with Crippen LogP contribution in [0.3, 0.4) is 0 Å². The Labute approximate surface area is 79.0 Å². The lowest BCUT2D eigenvalue weighted by Crippen LogP contribution is -2.38. The summed E-state index contributed by atoms with van der Waals surface area (Å²) in [6.07, 6.45) is 0.901. The first-order valence-electron chi connectivity index (χ1n) is 3.60. The van der Waals surface area contributed by atoms with Gasteiger partial charge in [-0.2, -0.15) is 25.3 Å². The summed E-state index contributed by atoms with van der Waals surface area (Å²) in [5.74, 6) is 0.774. The predicted octanol–water partition coefficient (Wildman–Crippen LogP) is 1.13. The Kier molecular flexibility index (Phi) is 5.01. The van der Waals surface area contributed by atoms with Gasteiger partial charge in [0.1, 0.15) is 0 Å². The zero-order valence-electron chi connectivity index (χ0n) is 6.92. The molecule has 4 heteroatoms. The first-order chi connectivity index (χ1) is 4.98. The fourth-order valence-corrected chi connectivity index (χ4v) is 0.734. The predicted molar refractivity (Wildman–Crippen MR) is 54.5 cm³/mol. The van der Waals surface area contributed by atoms with Gasteiger partial charge in [0.15, 0.2) is 0 Å². The van der Waals surface area contributed by atoms with E-state index in [1.807, 2.05) is 0 Å². The Morgan fingerprint density at radius 2 is 2.09 bits per heavy atom. The van der Waals surface area contributed by atoms with Gasteiger partial charge >= 0.3 is 0 Å². The van der Waals surface area contributed by atoms with E-state index in [-0.39, 0.29) is 5.91 Å². The number of nitrogens with one attached hydrogen (secondary N) is 1. The van der Waals surface area contributed by atoms with Gasteiger partial charge in [0.05, 0.1) is 4.75 Å². The third kappa shape index (κ3) is 5.44. The van der Waals surface area contributed by atoms with E-state index in [0.29, 0.717) is 6.54 Å². The highest BCUT2D eigenvalue weighted by atomic mass is 32.1. The van der Waals surface area contributed by atoms with Gasteiger partial charge in [-0.05, 0) is 26.0 Å². The molecule has 0 aliphatic heterocycles. The van der Waals surface area contributed by atoms with Crippen LogP contribution in [0, 0.1) is 0 Å². The van der Waals surface area contributed by atoms with E-state index in [2.05, 4.69) is 30.6 Å². The molecule has 0 saturated heterocycles. The second kappa shape index (κ2) is 4.93. The third-order valence-corrected chi connectivity index (χ3v) is 1.70. The van der Waals surface area contributed by atoms with Crippen LogP contribution in [0.4, 0.5) is 0 Å². The van der Waals surface area contributed by atoms with Crippen molar-refractivity contribution in [1.82, 2.24) is 5.32 Å². The lowest BCUT2D eigenvalue weighted by atomic mass is 10.2. The summed E-state index contributed by atoms with van der Waals surface area (Å²) < 4.78 is -0.573. The first-order valence-corrected chi connectivity index (χ1v) is 4.68. The molecule has 0 aliphatic carbocycles. The van der Waals surface area contributed by atoms with Crippen LogP contribution in [0.5, 0.6) is 0 Å². The molecule has 0 aliphatic rings. The fraction of sp³-hybridized carbons (Fsp3) is 0.857. The quantitative estimate of drug-likeness (QED) is 0.453. The summed E-state index contributed by atoms with van der Waals surface area (Å²) in [4.78, 5) is 11.1. The van der Waals surface area contributed by atoms with Crippen molar-refractivity contribution in [2.24, 2.45) is 0 Å². The highest BCUT2D eigenvalue weighted by Crippen LogP contribution is 2.10. The van der Waals surface area contributed by atoms with Crippen LogP contribution in [-0.4, -0.2) is 23.0 Å². The van der Waals surface area contributed by atoms with Gasteiger partial charge in [-0.1, -0.05) is 0 Å². The zero-order valence-corrected chi connectivity index (χ0v) is 8.71. The summed E-state index contributed by atoms with van der Waals surface area (Å²) in [6.45, 7) is 4.23. The molecule has 0 spiro atoms. The van der Waals surface area contributed by atoms with Crippen molar-refractivity contribution >= 4 is 31.2 Å². The molecule has 0 aromatic rings. The molecule has 11 heavy (non-hydrogen) atoms. The topological polar surface area (TPSA) is 29.1 Å². The van der Waals surface area contributed by atoms with Crippen LogP contribution in [0.1, 0.15) is 20.3 Å². The number of rotatable bonds is 4. The number of hydrogen-bond donors (Lipinski definition) is 3. The highest BCUT2D eigenvalue weighted by Gasteiger charge is 2.21. The second-order valence-corrected chi connectivity index (χ2v) is 4.46. The van der Waals surface area contributed by atoms with E-state index in [1.165, 1.54) is 0 Å². The first kappa shape index (κ1) is 11.2. The summed E-state index contributed by atoms with van der Waals surface area (Å²) >= 11 is 8.15. The van der Waals surface area contributed by atoms with Crippen molar-refractivity contribution < 1.29 is 4.79 Å². The van der Waals surface area contributed by atoms with Crippen molar-refractivity contribution in [3.63, 3.8) is 0 Å². The Morgan fingerprint density at radius 1 is 1.55 bits per heavy atom. The molecular formula is C7H15NOS2. The van der Waals surface area contributed by atoms with E-state index >= 15 is 0 Å². The van der Waals surface area contributed by atoms with Gasteiger partial charge in [-0.25, -0.2) is 0 Å². The SMILES string of the molecule is CC(C)(S)C(=O)NCCCS. The molecule has 0 heterocycles. The fourth-order valence-electron chi connectivity index (χ4n) is 0.497. The molecule has 0 rings (SSSR count). The minimum atomic E-state index is -0.573. The Balaban J connectivity index is 3.54. The zero-order chi connectivity index (χ0) is 8.91. The average Bonchev–Trinajstić information content (AvgIpc) is 1.86. The minimum Gasteiger partial charge on any atom is -0.355 e. The van der Waals surface area contributed by atoms with Crippen molar-refractivity contribution in [3.05, 3.63) is 0 Å². The number of carbonyl (C=O) groups is 1. The molecule has 0 aromatic heterocycles. The van der Waals surface area contributed by atoms with Crippen molar-refractivity contribution in [2.45, 2.75) is 25.0 Å². The van der Waals surface area contributed by atoms with E-state index in [4.69, 9.17) is 0 Å². The Morgan fingerprint density at radius 3 is 2.45 bits per heavy atom. The standard InChI is InChI=1S/C7H15NOS2/c1-7(2,11)6(9)8-4-3-5-10/h10-11H,3-5H2,1-2H3,(H,8,9). The highest BCUT2D eigenvalue weighted by molar-refractivity contribution is 7.82. The van der Waals surface area contributed by atoms with Gasteiger partial charge in [-0.3, -0.25) is 4.79 Å². The van der Waals surface area contributed by atoms with E-state index in [1.54, 1.807) is 13.8 Å². The summed E-state index contributed by atoms with van der Waals surface area (Å²) in [5, 5.41) is 2.76. The Hall–Kier alpha value is 0.170. The van der Waals surface area contributed by atoms with Crippen LogP contribution in [0.25, 0.3) is 0 Å². The molecule has 0 saturated carbocycles. The van der Waals surface area contributed by atoms with E-state index < -0.39 is 4.75 Å². The molecule has 0 atom stereocenters. The number of hydrogen-bond acceptors (Lipinski definition) is 3. The second-order valence-electron chi connectivity index (χ2n) is 2.89. The molecule has 0 aromatic carbocycles. The molecule has 66 valence electrons. The number of thiol groups is 2. The smallest absolute Gasteiger partial charge is 0.235 e. The summed E-state index contributed by atoms with van der Waals surface area (Å²) in [6, 6.07) is 0. The maximum atomic E-state index is 11.1. The Bertz CT molecular complexity index is 131.